The van der Waals surface area contributed by atoms with Crippen LogP contribution >= 0.6 is 0 Å². The first kappa shape index (κ1) is 27.5. The summed E-state index contributed by atoms with van der Waals surface area (Å²) in [5.74, 6) is 0.393. The van der Waals surface area contributed by atoms with E-state index in [4.69, 9.17) is 9.47 Å². The molecule has 0 bridgehead atoms. The van der Waals surface area contributed by atoms with Gasteiger partial charge in [-0.25, -0.2) is 23.1 Å². The van der Waals surface area contributed by atoms with E-state index < -0.39 is 28.0 Å². The molecule has 2 aromatic rings. The first-order valence-electron chi connectivity index (χ1n) is 11.9. The number of hydrogen-bond donors (Lipinski definition) is 3. The number of aromatic nitrogens is 2. The van der Waals surface area contributed by atoms with E-state index in [0.717, 1.165) is 12.3 Å². The molecule has 10 nitrogen and oxygen atoms in total. The molecule has 3 N–H and O–H groups in total. The molecule has 2 aliphatic heterocycles. The molecular weight excluding hydrogens is 515 g/mol. The topological polar surface area (TPSA) is 126 Å². The van der Waals surface area contributed by atoms with Gasteiger partial charge in [-0.1, -0.05) is 6.07 Å². The summed E-state index contributed by atoms with van der Waals surface area (Å²) in [5.41, 5.74) is -1.34. The highest BCUT2D eigenvalue weighted by molar-refractivity contribution is 7.89. The summed E-state index contributed by atoms with van der Waals surface area (Å²) in [6, 6.07) is 6.87. The van der Waals surface area contributed by atoms with E-state index in [-0.39, 0.29) is 35.6 Å². The van der Waals surface area contributed by atoms with Crippen molar-refractivity contribution in [3.63, 3.8) is 0 Å². The van der Waals surface area contributed by atoms with Gasteiger partial charge >= 0.3 is 6.18 Å². The fourth-order valence-electron chi connectivity index (χ4n) is 4.50. The molecule has 4 rings (SSSR count). The molecule has 204 valence electrons. The lowest BCUT2D eigenvalue weighted by atomic mass is 9.87. The minimum absolute atomic E-state index is 0.00936. The summed E-state index contributed by atoms with van der Waals surface area (Å²) < 4.78 is 76.6. The van der Waals surface area contributed by atoms with Gasteiger partial charge in [-0.05, 0) is 44.5 Å². The number of ether oxygens (including phenoxy) is 2. The Bertz CT molecular complexity index is 1180. The number of alkyl halides is 3. The minimum atomic E-state index is -4.52. The third-order valence-corrected chi connectivity index (χ3v) is 7.98. The highest BCUT2D eigenvalue weighted by Crippen LogP contribution is 2.37. The number of sulfonamides is 1. The molecule has 1 spiro atoms. The predicted octanol–water partition coefficient (Wildman–Crippen LogP) is 1.56. The van der Waals surface area contributed by atoms with Crippen LogP contribution in [0.2, 0.25) is 0 Å². The number of nitrogens with one attached hydrogen (secondary N) is 2. The Morgan fingerprint density at radius 3 is 2.76 bits per heavy atom. The van der Waals surface area contributed by atoms with Crippen LogP contribution in [0.1, 0.15) is 25.0 Å². The summed E-state index contributed by atoms with van der Waals surface area (Å²) in [6.07, 6.45) is -2.26. The number of nitrogens with zero attached hydrogens (tertiary/aromatic N) is 3. The predicted molar refractivity (Wildman–Crippen MR) is 128 cm³/mol. The van der Waals surface area contributed by atoms with Gasteiger partial charge in [0, 0.05) is 37.9 Å². The Morgan fingerprint density at radius 2 is 2.05 bits per heavy atom. The molecule has 14 heteroatoms. The first-order chi connectivity index (χ1) is 17.5. The second-order valence-electron chi connectivity index (χ2n) is 9.18. The van der Waals surface area contributed by atoms with Crippen molar-refractivity contribution in [2.24, 2.45) is 0 Å². The molecule has 2 atom stereocenters. The van der Waals surface area contributed by atoms with Gasteiger partial charge in [0.1, 0.15) is 24.2 Å². The van der Waals surface area contributed by atoms with Crippen LogP contribution in [0.15, 0.2) is 41.4 Å². The zero-order valence-corrected chi connectivity index (χ0v) is 21.1. The zero-order valence-electron chi connectivity index (χ0n) is 20.2. The summed E-state index contributed by atoms with van der Waals surface area (Å²) >= 11 is 0. The molecule has 2 fully saturated rings. The quantitative estimate of drug-likeness (QED) is 0.430. The number of aliphatic hydroxyl groups excluding tert-OH is 1. The molecule has 1 aromatic carbocycles. The van der Waals surface area contributed by atoms with E-state index in [1.807, 2.05) is 0 Å². The summed E-state index contributed by atoms with van der Waals surface area (Å²) in [5, 5.41) is 13.6. The SMILES string of the molecule is CNS(=O)(=O)c1cccc(OC[C@@H](O)CNC2COC3(CCN(c4nccc(C(F)(F)F)n4)CC3)C2)c1. The van der Waals surface area contributed by atoms with Crippen molar-refractivity contribution in [2.75, 3.05) is 44.8 Å². The molecule has 1 aromatic heterocycles. The van der Waals surface area contributed by atoms with Gasteiger partial charge in [-0.2, -0.15) is 13.2 Å². The van der Waals surface area contributed by atoms with Gasteiger partial charge in [0.05, 0.1) is 17.1 Å². The molecule has 2 aliphatic rings. The molecular formula is C23H30F3N5O5S. The van der Waals surface area contributed by atoms with E-state index in [2.05, 4.69) is 20.0 Å². The summed E-state index contributed by atoms with van der Waals surface area (Å²) in [7, 11) is -2.27. The smallest absolute Gasteiger partial charge is 0.433 e. The molecule has 0 saturated carbocycles. The molecule has 37 heavy (non-hydrogen) atoms. The van der Waals surface area contributed by atoms with Crippen LogP contribution in [0.3, 0.4) is 0 Å². The van der Waals surface area contributed by atoms with Gasteiger partial charge in [-0.3, -0.25) is 0 Å². The van der Waals surface area contributed by atoms with Crippen LogP contribution < -0.4 is 19.7 Å². The maximum Gasteiger partial charge on any atom is 0.433 e. The van der Waals surface area contributed by atoms with Crippen molar-refractivity contribution in [2.45, 2.75) is 48.1 Å². The zero-order chi connectivity index (χ0) is 26.7. The standard InChI is InChI=1S/C23H30F3N5O5S/c1-27-37(33,34)19-4-2-3-18(11-19)35-15-17(32)13-29-16-12-22(36-14-16)6-9-31(10-7-22)21-28-8-5-20(30-21)23(24,25)26/h2-5,8,11,16-17,27,29,32H,6-7,9-10,12-15H2,1H3/t16?,17-/m0/s1. The Kier molecular flexibility index (Phi) is 8.23. The minimum Gasteiger partial charge on any atom is -0.491 e. The fourth-order valence-corrected chi connectivity index (χ4v) is 5.26. The van der Waals surface area contributed by atoms with Gasteiger partial charge in [0.15, 0.2) is 0 Å². The number of rotatable bonds is 9. The van der Waals surface area contributed by atoms with Crippen LogP contribution in [0.4, 0.5) is 19.1 Å². The van der Waals surface area contributed by atoms with Crippen LogP contribution in [-0.2, 0) is 20.9 Å². The van der Waals surface area contributed by atoms with E-state index in [1.54, 1.807) is 17.0 Å². The van der Waals surface area contributed by atoms with Gasteiger partial charge < -0.3 is 24.8 Å². The number of hydrogen-bond acceptors (Lipinski definition) is 9. The monoisotopic (exact) mass is 545 g/mol. The van der Waals surface area contributed by atoms with Gasteiger partial charge in [0.25, 0.3) is 0 Å². The van der Waals surface area contributed by atoms with Crippen LogP contribution in [0.25, 0.3) is 0 Å². The Morgan fingerprint density at radius 1 is 1.30 bits per heavy atom. The Balaban J connectivity index is 1.22. The molecule has 1 unspecified atom stereocenters. The number of anilines is 1. The van der Waals surface area contributed by atoms with Gasteiger partial charge in [0.2, 0.25) is 16.0 Å². The third-order valence-electron chi connectivity index (χ3n) is 6.57. The Labute approximate surface area is 213 Å². The average Bonchev–Trinajstić information content (AvgIpc) is 3.28. The van der Waals surface area contributed by atoms with Crippen molar-refractivity contribution in [1.82, 2.24) is 20.0 Å². The molecule has 2 saturated heterocycles. The number of benzene rings is 1. The molecule has 0 radical (unpaired) electrons. The van der Waals surface area contributed by atoms with Crippen molar-refractivity contribution in [1.29, 1.82) is 0 Å². The van der Waals surface area contributed by atoms with Gasteiger partial charge in [-0.15, -0.1) is 0 Å². The lowest BCUT2D eigenvalue weighted by Gasteiger charge is -2.38. The molecule has 3 heterocycles. The summed E-state index contributed by atoms with van der Waals surface area (Å²) in [4.78, 5) is 9.48. The van der Waals surface area contributed by atoms with Crippen LogP contribution in [0.5, 0.6) is 5.75 Å². The first-order valence-corrected chi connectivity index (χ1v) is 13.3. The van der Waals surface area contributed by atoms with E-state index in [9.17, 15) is 26.7 Å². The lowest BCUT2D eigenvalue weighted by molar-refractivity contribution is -0.141. The maximum absolute atomic E-state index is 13.0. The van der Waals surface area contributed by atoms with E-state index in [0.29, 0.717) is 44.7 Å². The van der Waals surface area contributed by atoms with Crippen molar-refractivity contribution < 1.29 is 36.2 Å². The van der Waals surface area contributed by atoms with Crippen molar-refractivity contribution >= 4 is 16.0 Å². The second-order valence-corrected chi connectivity index (χ2v) is 11.1. The molecule has 0 amide bonds. The normalized spacial score (nSPS) is 20.8. The fraction of sp³-hybridized carbons (Fsp3) is 0.565. The lowest BCUT2D eigenvalue weighted by Crippen LogP contribution is -2.46. The molecule has 0 aliphatic carbocycles. The highest BCUT2D eigenvalue weighted by Gasteiger charge is 2.43. The second kappa shape index (κ2) is 11.1. The van der Waals surface area contributed by atoms with E-state index >= 15 is 0 Å². The highest BCUT2D eigenvalue weighted by atomic mass is 32.2. The van der Waals surface area contributed by atoms with Crippen molar-refractivity contribution in [3.8, 4) is 5.75 Å². The Hall–Kier alpha value is -2.52. The average molecular weight is 546 g/mol. The number of halogens is 3. The summed E-state index contributed by atoms with van der Waals surface area (Å²) in [6.45, 7) is 1.64. The van der Waals surface area contributed by atoms with E-state index in [1.165, 1.54) is 19.2 Å². The number of piperidine rings is 1. The number of aliphatic hydroxyl groups is 1. The van der Waals surface area contributed by atoms with Crippen molar-refractivity contribution in [3.05, 3.63) is 42.2 Å². The van der Waals surface area contributed by atoms with Crippen LogP contribution in [-0.4, -0.2) is 81.1 Å². The largest absolute Gasteiger partial charge is 0.491 e. The van der Waals surface area contributed by atoms with Crippen LogP contribution in [0, 0.1) is 0 Å². The maximum atomic E-state index is 13.0. The third kappa shape index (κ3) is 6.87.